The Morgan fingerprint density at radius 2 is 1.50 bits per heavy atom. The molecule has 0 saturated heterocycles. The van der Waals surface area contributed by atoms with E-state index >= 15 is 0 Å². The van der Waals surface area contributed by atoms with E-state index in [0.29, 0.717) is 10.7 Å². The second-order valence-corrected chi connectivity index (χ2v) is 6.04. The Kier molecular flexibility index (Phi) is 7.41. The van der Waals surface area contributed by atoms with Crippen molar-refractivity contribution in [2.45, 2.75) is 6.54 Å². The van der Waals surface area contributed by atoms with Crippen molar-refractivity contribution in [2.75, 3.05) is 11.9 Å². The second kappa shape index (κ2) is 9.98. The standard InChI is InChI=1S/C19H18ClN3O5/c20-13-6-8-14(9-7-13)23-19(28)16(18(27)22-11-15(24)25)17(26)21-10-12-4-2-1-3-5-12/h1-9,21,26H,10-11H2,(H,22,27)(H,23,28)(H,24,25). The third-order valence-corrected chi connectivity index (χ3v) is 3.75. The average Bonchev–Trinajstić information content (AvgIpc) is 2.67. The third-order valence-electron chi connectivity index (χ3n) is 3.50. The van der Waals surface area contributed by atoms with Gasteiger partial charge in [-0.15, -0.1) is 0 Å². The Balaban J connectivity index is 2.20. The molecule has 28 heavy (non-hydrogen) atoms. The number of carbonyl (C=O) groups is 3. The first-order valence-electron chi connectivity index (χ1n) is 8.14. The number of hydrogen-bond donors (Lipinski definition) is 5. The molecule has 9 heteroatoms. The van der Waals surface area contributed by atoms with Crippen LogP contribution in [0.3, 0.4) is 0 Å². The fourth-order valence-corrected chi connectivity index (χ4v) is 2.29. The molecule has 0 aliphatic carbocycles. The van der Waals surface area contributed by atoms with E-state index in [9.17, 15) is 19.5 Å². The first kappa shape index (κ1) is 20.8. The molecule has 0 aliphatic heterocycles. The molecule has 0 atom stereocenters. The van der Waals surface area contributed by atoms with Crippen molar-refractivity contribution in [3.63, 3.8) is 0 Å². The van der Waals surface area contributed by atoms with Gasteiger partial charge in [0.15, 0.2) is 5.57 Å². The number of amides is 2. The summed E-state index contributed by atoms with van der Waals surface area (Å²) >= 11 is 5.79. The predicted octanol–water partition coefficient (Wildman–Crippen LogP) is 2.04. The minimum atomic E-state index is -1.29. The number of hydrogen-bond acceptors (Lipinski definition) is 5. The number of aliphatic hydroxyl groups is 1. The van der Waals surface area contributed by atoms with Crippen LogP contribution in [-0.4, -0.2) is 34.5 Å². The van der Waals surface area contributed by atoms with Crippen LogP contribution in [0.15, 0.2) is 66.1 Å². The van der Waals surface area contributed by atoms with Crippen molar-refractivity contribution in [3.05, 3.63) is 76.6 Å². The van der Waals surface area contributed by atoms with Gasteiger partial charge in [0.1, 0.15) is 6.54 Å². The molecular weight excluding hydrogens is 386 g/mol. The number of carboxylic acid groups (broad SMARTS) is 1. The Morgan fingerprint density at radius 3 is 2.11 bits per heavy atom. The highest BCUT2D eigenvalue weighted by Crippen LogP contribution is 2.15. The van der Waals surface area contributed by atoms with Crippen LogP contribution in [0.1, 0.15) is 5.56 Å². The molecular formula is C19H18ClN3O5. The molecule has 0 radical (unpaired) electrons. The number of aliphatic hydroxyl groups excluding tert-OH is 1. The van der Waals surface area contributed by atoms with Gasteiger partial charge in [-0.1, -0.05) is 41.9 Å². The zero-order chi connectivity index (χ0) is 20.5. The summed E-state index contributed by atoms with van der Waals surface area (Å²) < 4.78 is 0. The summed E-state index contributed by atoms with van der Waals surface area (Å²) in [6.45, 7) is -0.556. The van der Waals surface area contributed by atoms with Gasteiger partial charge in [-0.2, -0.15) is 0 Å². The van der Waals surface area contributed by atoms with E-state index in [1.54, 1.807) is 36.4 Å². The fraction of sp³-hybridized carbons (Fsp3) is 0.105. The largest absolute Gasteiger partial charge is 0.494 e. The second-order valence-electron chi connectivity index (χ2n) is 5.60. The van der Waals surface area contributed by atoms with Crippen molar-refractivity contribution in [3.8, 4) is 0 Å². The Bertz CT molecular complexity index is 882. The quantitative estimate of drug-likeness (QED) is 0.198. The minimum absolute atomic E-state index is 0.149. The summed E-state index contributed by atoms with van der Waals surface area (Å²) in [5.41, 5.74) is 0.498. The van der Waals surface area contributed by atoms with E-state index in [1.165, 1.54) is 12.1 Å². The minimum Gasteiger partial charge on any atom is -0.494 e. The van der Waals surface area contributed by atoms with Gasteiger partial charge in [0.25, 0.3) is 11.8 Å². The summed E-state index contributed by atoms with van der Waals surface area (Å²) in [4.78, 5) is 35.5. The van der Waals surface area contributed by atoms with Gasteiger partial charge in [-0.05, 0) is 29.8 Å². The van der Waals surface area contributed by atoms with Gasteiger partial charge in [0.05, 0.1) is 0 Å². The summed E-state index contributed by atoms with van der Waals surface area (Å²) in [7, 11) is 0. The van der Waals surface area contributed by atoms with Crippen molar-refractivity contribution in [1.29, 1.82) is 0 Å². The maximum Gasteiger partial charge on any atom is 0.322 e. The molecule has 2 aromatic rings. The molecule has 2 aromatic carbocycles. The molecule has 0 unspecified atom stereocenters. The number of rotatable bonds is 8. The molecule has 0 bridgehead atoms. The van der Waals surface area contributed by atoms with Crippen LogP contribution in [0.2, 0.25) is 5.02 Å². The number of aliphatic carboxylic acids is 1. The lowest BCUT2D eigenvalue weighted by molar-refractivity contribution is -0.137. The topological polar surface area (TPSA) is 128 Å². The molecule has 0 aliphatic rings. The molecule has 0 spiro atoms. The lowest BCUT2D eigenvalue weighted by Gasteiger charge is -2.13. The van der Waals surface area contributed by atoms with E-state index in [2.05, 4.69) is 16.0 Å². The van der Waals surface area contributed by atoms with Crippen LogP contribution in [0.4, 0.5) is 5.69 Å². The molecule has 146 valence electrons. The van der Waals surface area contributed by atoms with Crippen molar-refractivity contribution in [1.82, 2.24) is 10.6 Å². The van der Waals surface area contributed by atoms with Gasteiger partial charge < -0.3 is 26.2 Å². The number of carboxylic acids is 1. The SMILES string of the molecule is O=C(O)CNC(=O)C(C(=O)Nc1ccc(Cl)cc1)=C(O)NCc1ccccc1. The third kappa shape index (κ3) is 6.33. The summed E-state index contributed by atoms with van der Waals surface area (Å²) in [5, 5.41) is 26.5. The molecule has 0 heterocycles. The first-order valence-corrected chi connectivity index (χ1v) is 8.52. The average molecular weight is 404 g/mol. The van der Waals surface area contributed by atoms with Gasteiger partial charge in [-0.25, -0.2) is 0 Å². The molecule has 5 N–H and O–H groups in total. The molecule has 2 amide bonds. The van der Waals surface area contributed by atoms with Crippen LogP contribution in [0, 0.1) is 0 Å². The normalized spacial score (nSPS) is 11.2. The molecule has 0 aromatic heterocycles. The highest BCUT2D eigenvalue weighted by molar-refractivity contribution is 6.30. The van der Waals surface area contributed by atoms with Crippen LogP contribution in [0.25, 0.3) is 0 Å². The number of anilines is 1. The molecule has 2 rings (SSSR count). The lowest BCUT2D eigenvalue weighted by Crippen LogP contribution is -2.37. The van der Waals surface area contributed by atoms with Gasteiger partial charge in [0.2, 0.25) is 5.88 Å². The van der Waals surface area contributed by atoms with Crippen molar-refractivity contribution < 1.29 is 24.6 Å². The van der Waals surface area contributed by atoms with Crippen LogP contribution in [-0.2, 0) is 20.9 Å². The fourth-order valence-electron chi connectivity index (χ4n) is 2.16. The maximum atomic E-state index is 12.5. The predicted molar refractivity (Wildman–Crippen MR) is 104 cm³/mol. The van der Waals surface area contributed by atoms with Crippen LogP contribution in [0.5, 0.6) is 0 Å². The van der Waals surface area contributed by atoms with Gasteiger partial charge in [-0.3, -0.25) is 14.4 Å². The van der Waals surface area contributed by atoms with E-state index in [1.807, 2.05) is 6.07 Å². The summed E-state index contributed by atoms with van der Waals surface area (Å²) in [5.74, 6) is -3.92. The summed E-state index contributed by atoms with van der Waals surface area (Å²) in [6.07, 6.45) is 0. The zero-order valence-electron chi connectivity index (χ0n) is 14.6. The van der Waals surface area contributed by atoms with E-state index < -0.39 is 35.8 Å². The lowest BCUT2D eigenvalue weighted by atomic mass is 10.2. The number of halogens is 1. The number of carbonyl (C=O) groups excluding carboxylic acids is 2. The Hall–Kier alpha value is -3.52. The number of nitrogens with one attached hydrogen (secondary N) is 3. The zero-order valence-corrected chi connectivity index (χ0v) is 15.4. The Morgan fingerprint density at radius 1 is 0.857 bits per heavy atom. The summed E-state index contributed by atoms with van der Waals surface area (Å²) in [6, 6.07) is 15.1. The first-order chi connectivity index (χ1) is 13.4. The van der Waals surface area contributed by atoms with Gasteiger partial charge in [0, 0.05) is 17.3 Å². The highest BCUT2D eigenvalue weighted by atomic mass is 35.5. The van der Waals surface area contributed by atoms with Crippen LogP contribution < -0.4 is 16.0 Å². The molecule has 0 fully saturated rings. The van der Waals surface area contributed by atoms with Crippen molar-refractivity contribution in [2.24, 2.45) is 0 Å². The van der Waals surface area contributed by atoms with E-state index in [-0.39, 0.29) is 6.54 Å². The number of benzene rings is 2. The highest BCUT2D eigenvalue weighted by Gasteiger charge is 2.24. The smallest absolute Gasteiger partial charge is 0.322 e. The van der Waals surface area contributed by atoms with Crippen molar-refractivity contribution >= 4 is 35.1 Å². The Labute approximate surface area is 165 Å². The van der Waals surface area contributed by atoms with E-state index in [0.717, 1.165) is 5.56 Å². The van der Waals surface area contributed by atoms with Crippen LogP contribution >= 0.6 is 11.6 Å². The maximum absolute atomic E-state index is 12.5. The van der Waals surface area contributed by atoms with E-state index in [4.69, 9.17) is 16.7 Å². The monoisotopic (exact) mass is 403 g/mol. The molecule has 8 nitrogen and oxygen atoms in total. The van der Waals surface area contributed by atoms with Gasteiger partial charge >= 0.3 is 5.97 Å². The molecule has 0 saturated carbocycles.